The van der Waals surface area contributed by atoms with Gasteiger partial charge in [-0.05, 0) is 24.0 Å². The highest BCUT2D eigenvalue weighted by Crippen LogP contribution is 2.45. The van der Waals surface area contributed by atoms with Gasteiger partial charge in [0.05, 0.1) is 16.8 Å². The fraction of sp³-hybridized carbons (Fsp3) is 0.462. The van der Waals surface area contributed by atoms with Crippen molar-refractivity contribution in [3.05, 3.63) is 29.3 Å². The van der Waals surface area contributed by atoms with E-state index < -0.39 is 23.3 Å². The topological polar surface area (TPSA) is 67.2 Å². The standard InChI is InChI=1S/C13H16F3N3O/c1-12(2)6-9(12)18-11(20)7-4-3-5-8(10(7)19-17)13(14,15)16/h3-5,9,19H,6,17H2,1-2H3,(H,18,20). The smallest absolute Gasteiger partial charge is 0.349 e. The number of nitrogens with one attached hydrogen (secondary N) is 2. The van der Waals surface area contributed by atoms with Crippen LogP contribution in [0.5, 0.6) is 0 Å². The Balaban J connectivity index is 2.30. The molecule has 0 aromatic heterocycles. The van der Waals surface area contributed by atoms with Gasteiger partial charge in [-0.3, -0.25) is 10.6 Å². The molecule has 1 amide bonds. The molecule has 0 spiro atoms. The van der Waals surface area contributed by atoms with Crippen molar-refractivity contribution in [1.82, 2.24) is 5.32 Å². The molecule has 4 N–H and O–H groups in total. The number of hydrazine groups is 1. The van der Waals surface area contributed by atoms with Gasteiger partial charge in [-0.1, -0.05) is 19.9 Å². The lowest BCUT2D eigenvalue weighted by Crippen LogP contribution is -2.30. The summed E-state index contributed by atoms with van der Waals surface area (Å²) in [4.78, 5) is 12.1. The molecule has 1 aromatic rings. The van der Waals surface area contributed by atoms with E-state index in [1.807, 2.05) is 19.3 Å². The quantitative estimate of drug-likeness (QED) is 0.591. The maximum Gasteiger partial charge on any atom is 0.418 e. The van der Waals surface area contributed by atoms with Crippen LogP contribution in [0.3, 0.4) is 0 Å². The third-order valence-corrected chi connectivity index (χ3v) is 3.58. The van der Waals surface area contributed by atoms with Crippen LogP contribution in [0.4, 0.5) is 18.9 Å². The maximum absolute atomic E-state index is 12.8. The van der Waals surface area contributed by atoms with Crippen molar-refractivity contribution in [1.29, 1.82) is 0 Å². The molecular weight excluding hydrogens is 271 g/mol. The predicted octanol–water partition coefficient (Wildman–Crippen LogP) is 2.52. The number of carbonyl (C=O) groups is 1. The van der Waals surface area contributed by atoms with Crippen molar-refractivity contribution in [2.24, 2.45) is 11.3 Å². The molecule has 2 rings (SSSR count). The van der Waals surface area contributed by atoms with Gasteiger partial charge in [0, 0.05) is 6.04 Å². The van der Waals surface area contributed by atoms with Gasteiger partial charge >= 0.3 is 6.18 Å². The Morgan fingerprint density at radius 1 is 1.40 bits per heavy atom. The molecular formula is C13H16F3N3O. The van der Waals surface area contributed by atoms with Gasteiger partial charge in [0.1, 0.15) is 0 Å². The number of nitrogen functional groups attached to an aromatic ring is 1. The number of alkyl halides is 3. The molecule has 20 heavy (non-hydrogen) atoms. The number of amides is 1. The van der Waals surface area contributed by atoms with E-state index >= 15 is 0 Å². The number of halogens is 3. The monoisotopic (exact) mass is 287 g/mol. The molecule has 0 aliphatic heterocycles. The maximum atomic E-state index is 12.8. The molecule has 1 saturated carbocycles. The summed E-state index contributed by atoms with van der Waals surface area (Å²) in [5.74, 6) is 4.60. The number of hydrogen-bond acceptors (Lipinski definition) is 3. The highest BCUT2D eigenvalue weighted by Gasteiger charge is 2.47. The van der Waals surface area contributed by atoms with Gasteiger partial charge in [0.15, 0.2) is 0 Å². The third-order valence-electron chi connectivity index (χ3n) is 3.58. The van der Waals surface area contributed by atoms with E-state index in [-0.39, 0.29) is 17.0 Å². The molecule has 1 aliphatic rings. The SMILES string of the molecule is CC1(C)CC1NC(=O)c1cccc(C(F)(F)F)c1NN. The molecule has 4 nitrogen and oxygen atoms in total. The van der Waals surface area contributed by atoms with E-state index in [1.54, 1.807) is 0 Å². The lowest BCUT2D eigenvalue weighted by atomic mass is 10.1. The second kappa shape index (κ2) is 4.66. The second-order valence-corrected chi connectivity index (χ2v) is 5.59. The lowest BCUT2D eigenvalue weighted by Gasteiger charge is -2.16. The van der Waals surface area contributed by atoms with E-state index in [1.165, 1.54) is 12.1 Å². The minimum Gasteiger partial charge on any atom is -0.349 e. The molecule has 1 aromatic carbocycles. The highest BCUT2D eigenvalue weighted by molar-refractivity contribution is 6.00. The Labute approximate surface area is 114 Å². The molecule has 1 fully saturated rings. The minimum absolute atomic E-state index is 0.00635. The largest absolute Gasteiger partial charge is 0.418 e. The summed E-state index contributed by atoms with van der Waals surface area (Å²) in [5, 5.41) is 2.71. The van der Waals surface area contributed by atoms with E-state index in [4.69, 9.17) is 5.84 Å². The highest BCUT2D eigenvalue weighted by atomic mass is 19.4. The van der Waals surface area contributed by atoms with Gasteiger partial charge in [0.2, 0.25) is 0 Å². The zero-order valence-electron chi connectivity index (χ0n) is 11.1. The van der Waals surface area contributed by atoms with Crippen LogP contribution >= 0.6 is 0 Å². The van der Waals surface area contributed by atoms with Crippen LogP contribution in [-0.4, -0.2) is 11.9 Å². The lowest BCUT2D eigenvalue weighted by molar-refractivity contribution is -0.137. The summed E-state index contributed by atoms with van der Waals surface area (Å²) in [6, 6.07) is 3.37. The number of nitrogens with two attached hydrogens (primary N) is 1. The fourth-order valence-electron chi connectivity index (χ4n) is 2.08. The van der Waals surface area contributed by atoms with Crippen molar-refractivity contribution in [3.63, 3.8) is 0 Å². The molecule has 0 radical (unpaired) electrons. The first-order valence-corrected chi connectivity index (χ1v) is 6.14. The normalized spacial score (nSPS) is 20.4. The Hall–Kier alpha value is -1.76. The minimum atomic E-state index is -4.57. The van der Waals surface area contributed by atoms with Crippen LogP contribution in [0.15, 0.2) is 18.2 Å². The molecule has 1 unspecified atom stereocenters. The van der Waals surface area contributed by atoms with E-state index in [0.29, 0.717) is 0 Å². The summed E-state index contributed by atoms with van der Waals surface area (Å²) in [6.45, 7) is 3.96. The van der Waals surface area contributed by atoms with Crippen LogP contribution in [0.25, 0.3) is 0 Å². The Bertz CT molecular complexity index is 540. The summed E-state index contributed by atoms with van der Waals surface area (Å²) in [5.41, 5.74) is 0.510. The molecule has 110 valence electrons. The molecule has 1 aliphatic carbocycles. The van der Waals surface area contributed by atoms with E-state index in [2.05, 4.69) is 5.32 Å². The number of rotatable bonds is 3. The van der Waals surface area contributed by atoms with Crippen molar-refractivity contribution in [2.75, 3.05) is 5.43 Å². The Morgan fingerprint density at radius 3 is 2.45 bits per heavy atom. The average molecular weight is 287 g/mol. The van der Waals surface area contributed by atoms with Crippen LogP contribution in [-0.2, 0) is 6.18 Å². The number of benzene rings is 1. The van der Waals surface area contributed by atoms with Crippen LogP contribution < -0.4 is 16.6 Å². The van der Waals surface area contributed by atoms with Crippen molar-refractivity contribution >= 4 is 11.6 Å². The summed E-state index contributed by atoms with van der Waals surface area (Å²) >= 11 is 0. The van der Waals surface area contributed by atoms with Gasteiger partial charge in [0.25, 0.3) is 5.91 Å². The third kappa shape index (κ3) is 2.72. The van der Waals surface area contributed by atoms with Gasteiger partial charge in [-0.15, -0.1) is 0 Å². The first-order chi connectivity index (χ1) is 9.16. The second-order valence-electron chi connectivity index (χ2n) is 5.59. The molecule has 1 atom stereocenters. The number of para-hydroxylation sites is 1. The summed E-state index contributed by atoms with van der Waals surface area (Å²) < 4.78 is 38.5. The summed E-state index contributed by atoms with van der Waals surface area (Å²) in [7, 11) is 0. The number of hydrogen-bond donors (Lipinski definition) is 3. The zero-order valence-corrected chi connectivity index (χ0v) is 11.1. The first kappa shape index (κ1) is 14.6. The van der Waals surface area contributed by atoms with Crippen molar-refractivity contribution < 1.29 is 18.0 Å². The fourth-order valence-corrected chi connectivity index (χ4v) is 2.08. The van der Waals surface area contributed by atoms with Crippen LogP contribution in [0.2, 0.25) is 0 Å². The van der Waals surface area contributed by atoms with Crippen LogP contribution in [0, 0.1) is 5.41 Å². The Morgan fingerprint density at radius 2 is 2.00 bits per heavy atom. The van der Waals surface area contributed by atoms with Crippen molar-refractivity contribution in [3.8, 4) is 0 Å². The first-order valence-electron chi connectivity index (χ1n) is 6.14. The molecule has 0 heterocycles. The van der Waals surface area contributed by atoms with Crippen molar-refractivity contribution in [2.45, 2.75) is 32.5 Å². The molecule has 7 heteroatoms. The van der Waals surface area contributed by atoms with E-state index in [0.717, 1.165) is 12.5 Å². The number of carbonyl (C=O) groups excluding carboxylic acids is 1. The van der Waals surface area contributed by atoms with Crippen LogP contribution in [0.1, 0.15) is 36.2 Å². The zero-order chi connectivity index (χ0) is 15.1. The van der Waals surface area contributed by atoms with Gasteiger partial charge < -0.3 is 10.7 Å². The van der Waals surface area contributed by atoms with E-state index in [9.17, 15) is 18.0 Å². The summed E-state index contributed by atoms with van der Waals surface area (Å²) in [6.07, 6.45) is -3.76. The predicted molar refractivity (Wildman–Crippen MR) is 68.9 cm³/mol. The molecule has 0 saturated heterocycles. The number of anilines is 1. The Kier molecular flexibility index (Phi) is 3.41. The van der Waals surface area contributed by atoms with Gasteiger partial charge in [-0.2, -0.15) is 13.2 Å². The van der Waals surface area contributed by atoms with Gasteiger partial charge in [-0.25, -0.2) is 0 Å². The average Bonchev–Trinajstić information content (AvgIpc) is 2.94. The molecule has 0 bridgehead atoms.